The molecule has 3 rings (SSSR count). The summed E-state index contributed by atoms with van der Waals surface area (Å²) in [7, 11) is 1.86. The monoisotopic (exact) mass is 352 g/mol. The summed E-state index contributed by atoms with van der Waals surface area (Å²) in [5.74, 6) is 2.85. The van der Waals surface area contributed by atoms with Gasteiger partial charge in [-0.1, -0.05) is 12.1 Å². The number of hydrogen-bond acceptors (Lipinski definition) is 5. The van der Waals surface area contributed by atoms with Crippen molar-refractivity contribution in [3.05, 3.63) is 46.2 Å². The van der Waals surface area contributed by atoms with Crippen molar-refractivity contribution in [3.8, 4) is 5.75 Å². The van der Waals surface area contributed by atoms with Gasteiger partial charge in [0.25, 0.3) is 5.91 Å². The highest BCUT2D eigenvalue weighted by Gasteiger charge is 2.17. The standard InChI is InChI=1S/C15H16N2O2S3/c1-17-6-7-22-15(17)16-13(18)10-19-12-4-2-11(3-5-12)14-20-8-9-21-14/h2-7,14H,8-10H2,1H3. The van der Waals surface area contributed by atoms with Gasteiger partial charge in [-0.3, -0.25) is 4.79 Å². The van der Waals surface area contributed by atoms with Crippen LogP contribution in [0.2, 0.25) is 0 Å². The molecule has 1 amide bonds. The highest BCUT2D eigenvalue weighted by molar-refractivity contribution is 8.19. The molecule has 1 aliphatic heterocycles. The lowest BCUT2D eigenvalue weighted by atomic mass is 10.2. The van der Waals surface area contributed by atoms with Gasteiger partial charge in [-0.2, -0.15) is 4.99 Å². The zero-order valence-electron chi connectivity index (χ0n) is 12.1. The van der Waals surface area contributed by atoms with Crippen molar-refractivity contribution in [1.82, 2.24) is 4.57 Å². The van der Waals surface area contributed by atoms with Crippen molar-refractivity contribution in [2.45, 2.75) is 4.58 Å². The summed E-state index contributed by atoms with van der Waals surface area (Å²) in [4.78, 5) is 16.5. The first-order valence-corrected chi connectivity index (χ1v) is 9.84. The van der Waals surface area contributed by atoms with E-state index in [1.807, 2.05) is 58.8 Å². The third-order valence-corrected chi connectivity index (χ3v) is 7.07. The molecule has 116 valence electrons. The van der Waals surface area contributed by atoms with E-state index >= 15 is 0 Å². The number of thiazole rings is 1. The Bertz CT molecular complexity index is 700. The summed E-state index contributed by atoms with van der Waals surface area (Å²) in [6.07, 6.45) is 1.87. The van der Waals surface area contributed by atoms with Gasteiger partial charge in [-0.15, -0.1) is 34.9 Å². The third kappa shape index (κ3) is 3.97. The summed E-state index contributed by atoms with van der Waals surface area (Å²) in [5, 5.41) is 1.89. The topological polar surface area (TPSA) is 43.6 Å². The lowest BCUT2D eigenvalue weighted by Gasteiger charge is -2.09. The summed E-state index contributed by atoms with van der Waals surface area (Å²) in [5.41, 5.74) is 1.31. The molecule has 7 heteroatoms. The lowest BCUT2D eigenvalue weighted by molar-refractivity contribution is -0.120. The van der Waals surface area contributed by atoms with E-state index in [0.29, 0.717) is 15.1 Å². The van der Waals surface area contributed by atoms with Gasteiger partial charge in [0.15, 0.2) is 11.4 Å². The zero-order chi connectivity index (χ0) is 15.4. The Balaban J connectivity index is 1.57. The van der Waals surface area contributed by atoms with Crippen LogP contribution in [0, 0.1) is 0 Å². The van der Waals surface area contributed by atoms with Crippen LogP contribution in [0.15, 0.2) is 40.8 Å². The minimum atomic E-state index is -0.274. The van der Waals surface area contributed by atoms with E-state index in [2.05, 4.69) is 17.1 Å². The lowest BCUT2D eigenvalue weighted by Crippen LogP contribution is -2.16. The third-order valence-electron chi connectivity index (χ3n) is 3.12. The number of carbonyl (C=O) groups is 1. The van der Waals surface area contributed by atoms with E-state index in [9.17, 15) is 4.79 Å². The highest BCUT2D eigenvalue weighted by atomic mass is 32.2. The molecule has 1 saturated heterocycles. The van der Waals surface area contributed by atoms with Crippen molar-refractivity contribution in [3.63, 3.8) is 0 Å². The highest BCUT2D eigenvalue weighted by Crippen LogP contribution is 2.45. The van der Waals surface area contributed by atoms with Gasteiger partial charge in [-0.25, -0.2) is 0 Å². The minimum absolute atomic E-state index is 0.0375. The first kappa shape index (κ1) is 15.7. The normalized spacial score (nSPS) is 16.1. The van der Waals surface area contributed by atoms with Crippen LogP contribution in [0.4, 0.5) is 0 Å². The molecular weight excluding hydrogens is 336 g/mol. The molecule has 1 aromatic carbocycles. The molecule has 0 bridgehead atoms. The maximum Gasteiger partial charge on any atom is 0.286 e. The average molecular weight is 353 g/mol. The van der Waals surface area contributed by atoms with E-state index in [4.69, 9.17) is 4.74 Å². The van der Waals surface area contributed by atoms with Crippen LogP contribution in [0.25, 0.3) is 0 Å². The number of ether oxygens (including phenoxy) is 1. The quantitative estimate of drug-likeness (QED) is 0.848. The number of aromatic nitrogens is 1. The van der Waals surface area contributed by atoms with E-state index in [0.717, 1.165) is 0 Å². The molecule has 2 aromatic rings. The first-order valence-electron chi connectivity index (χ1n) is 6.86. The van der Waals surface area contributed by atoms with Crippen LogP contribution in [-0.2, 0) is 11.8 Å². The number of carbonyl (C=O) groups excluding carboxylic acids is 1. The van der Waals surface area contributed by atoms with Gasteiger partial charge in [0.05, 0.1) is 4.58 Å². The molecule has 1 aliphatic rings. The second kappa shape index (κ2) is 7.39. The fraction of sp³-hybridized carbons (Fsp3) is 0.333. The molecule has 0 N–H and O–H groups in total. The van der Waals surface area contributed by atoms with Gasteiger partial charge in [0.2, 0.25) is 0 Å². The van der Waals surface area contributed by atoms with Gasteiger partial charge >= 0.3 is 0 Å². The SMILES string of the molecule is Cn1ccsc1=NC(=O)COc1ccc(C2SCCS2)cc1. The van der Waals surface area contributed by atoms with Crippen molar-refractivity contribution in [2.75, 3.05) is 18.1 Å². The van der Waals surface area contributed by atoms with E-state index in [-0.39, 0.29) is 12.5 Å². The number of benzene rings is 1. The molecular formula is C15H16N2O2S3. The Hall–Kier alpha value is -1.18. The average Bonchev–Trinajstić information content (AvgIpc) is 3.18. The molecule has 4 nitrogen and oxygen atoms in total. The van der Waals surface area contributed by atoms with Crippen LogP contribution in [0.3, 0.4) is 0 Å². The van der Waals surface area contributed by atoms with Gasteiger partial charge in [-0.05, 0) is 17.7 Å². The van der Waals surface area contributed by atoms with Gasteiger partial charge < -0.3 is 9.30 Å². The minimum Gasteiger partial charge on any atom is -0.484 e. The Morgan fingerprint density at radius 2 is 2.05 bits per heavy atom. The molecule has 22 heavy (non-hydrogen) atoms. The largest absolute Gasteiger partial charge is 0.484 e. The molecule has 0 spiro atoms. The van der Waals surface area contributed by atoms with Crippen LogP contribution in [0.1, 0.15) is 10.1 Å². The molecule has 0 atom stereocenters. The predicted octanol–water partition coefficient (Wildman–Crippen LogP) is 3.07. The van der Waals surface area contributed by atoms with Crippen molar-refractivity contribution in [2.24, 2.45) is 12.0 Å². The molecule has 0 saturated carbocycles. The van der Waals surface area contributed by atoms with E-state index < -0.39 is 0 Å². The number of amides is 1. The number of hydrogen-bond donors (Lipinski definition) is 0. The fourth-order valence-corrected chi connectivity index (χ4v) is 5.60. The first-order chi connectivity index (χ1) is 10.7. The van der Waals surface area contributed by atoms with E-state index in [1.165, 1.54) is 28.4 Å². The van der Waals surface area contributed by atoms with Crippen LogP contribution < -0.4 is 9.54 Å². The van der Waals surface area contributed by atoms with E-state index in [1.54, 1.807) is 0 Å². The van der Waals surface area contributed by atoms with Crippen molar-refractivity contribution in [1.29, 1.82) is 0 Å². The Morgan fingerprint density at radius 3 is 2.68 bits per heavy atom. The molecule has 0 unspecified atom stereocenters. The molecule has 1 fully saturated rings. The second-order valence-electron chi connectivity index (χ2n) is 4.73. The predicted molar refractivity (Wildman–Crippen MR) is 93.5 cm³/mol. The molecule has 0 aliphatic carbocycles. The smallest absolute Gasteiger partial charge is 0.286 e. The molecule has 1 aromatic heterocycles. The maximum absolute atomic E-state index is 11.8. The van der Waals surface area contributed by atoms with Crippen molar-refractivity contribution < 1.29 is 9.53 Å². The van der Waals surface area contributed by atoms with Crippen LogP contribution in [-0.4, -0.2) is 28.6 Å². The number of aryl methyl sites for hydroxylation is 1. The zero-order valence-corrected chi connectivity index (χ0v) is 14.5. The number of thioether (sulfide) groups is 2. The van der Waals surface area contributed by atoms with Crippen molar-refractivity contribution >= 4 is 40.8 Å². The van der Waals surface area contributed by atoms with Gasteiger partial charge in [0.1, 0.15) is 5.75 Å². The maximum atomic E-state index is 11.8. The summed E-state index contributed by atoms with van der Waals surface area (Å²) < 4.78 is 7.86. The van der Waals surface area contributed by atoms with Crippen LogP contribution >= 0.6 is 34.9 Å². The Kier molecular flexibility index (Phi) is 5.28. The number of nitrogens with zero attached hydrogens (tertiary/aromatic N) is 2. The number of rotatable bonds is 4. The molecule has 0 radical (unpaired) electrons. The Labute approximate surface area is 141 Å². The second-order valence-corrected chi connectivity index (χ2v) is 8.33. The Morgan fingerprint density at radius 1 is 1.32 bits per heavy atom. The van der Waals surface area contributed by atoms with Gasteiger partial charge in [0, 0.05) is 30.1 Å². The summed E-state index contributed by atoms with van der Waals surface area (Å²) >= 11 is 5.38. The summed E-state index contributed by atoms with van der Waals surface area (Å²) in [6, 6.07) is 8.00. The fourth-order valence-electron chi connectivity index (χ4n) is 1.99. The molecule has 2 heterocycles. The van der Waals surface area contributed by atoms with Crippen LogP contribution in [0.5, 0.6) is 5.75 Å². The summed E-state index contributed by atoms with van der Waals surface area (Å²) in [6.45, 7) is -0.0375.